The van der Waals surface area contributed by atoms with Gasteiger partial charge in [-0.05, 0) is 12.0 Å². The lowest BCUT2D eigenvalue weighted by molar-refractivity contribution is -0.144. The Morgan fingerprint density at radius 3 is 2.75 bits per heavy atom. The van der Waals surface area contributed by atoms with Crippen molar-refractivity contribution in [3.63, 3.8) is 0 Å². The first-order chi connectivity index (χ1) is 11.2. The third kappa shape index (κ3) is 4.97. The predicted molar refractivity (Wildman–Crippen MR) is 84.2 cm³/mol. The quantitative estimate of drug-likeness (QED) is 0.852. The number of anilines is 2. The highest BCUT2D eigenvalue weighted by atomic mass is 19.4. The Morgan fingerprint density at radius 2 is 2.17 bits per heavy atom. The zero-order valence-corrected chi connectivity index (χ0v) is 13.7. The second-order valence-electron chi connectivity index (χ2n) is 6.38. The minimum atomic E-state index is -4.33. The van der Waals surface area contributed by atoms with Gasteiger partial charge in [-0.3, -0.25) is 4.79 Å². The van der Waals surface area contributed by atoms with E-state index in [0.29, 0.717) is 24.9 Å². The minimum Gasteiger partial charge on any atom is -0.384 e. The maximum Gasteiger partial charge on any atom is 0.389 e. The van der Waals surface area contributed by atoms with Crippen LogP contribution in [0, 0.1) is 11.8 Å². The number of nitrogen functional groups attached to an aromatic ring is 1. The van der Waals surface area contributed by atoms with E-state index < -0.39 is 24.9 Å². The molecule has 1 aromatic rings. The Kier molecular flexibility index (Phi) is 5.51. The van der Waals surface area contributed by atoms with Gasteiger partial charge < -0.3 is 16.0 Å². The highest BCUT2D eigenvalue weighted by Crippen LogP contribution is 2.28. The zero-order valence-electron chi connectivity index (χ0n) is 13.7. The Hall–Kier alpha value is -2.06. The number of carbonyl (C=O) groups is 1. The molecule has 9 heteroatoms. The zero-order chi connectivity index (χ0) is 17.9. The van der Waals surface area contributed by atoms with Crippen molar-refractivity contribution in [3.05, 3.63) is 12.3 Å². The summed E-state index contributed by atoms with van der Waals surface area (Å²) in [5, 5.41) is 2.73. The monoisotopic (exact) mass is 345 g/mol. The normalized spacial score (nSPS) is 21.3. The van der Waals surface area contributed by atoms with Gasteiger partial charge in [-0.25, -0.2) is 4.98 Å². The van der Waals surface area contributed by atoms with E-state index in [4.69, 9.17) is 5.73 Å². The van der Waals surface area contributed by atoms with Crippen molar-refractivity contribution in [2.75, 3.05) is 23.7 Å². The molecule has 0 aromatic carbocycles. The maximum atomic E-state index is 12.2. The molecule has 0 spiro atoms. The molecule has 1 saturated heterocycles. The molecule has 2 rings (SSSR count). The lowest BCUT2D eigenvalue weighted by Gasteiger charge is -2.22. The first kappa shape index (κ1) is 18.3. The second-order valence-corrected chi connectivity index (χ2v) is 6.38. The molecule has 2 heterocycles. The van der Waals surface area contributed by atoms with E-state index in [1.807, 2.05) is 18.7 Å². The molecule has 1 aliphatic rings. The van der Waals surface area contributed by atoms with Crippen LogP contribution in [-0.2, 0) is 4.79 Å². The van der Waals surface area contributed by atoms with Gasteiger partial charge >= 0.3 is 6.18 Å². The van der Waals surface area contributed by atoms with E-state index in [1.165, 1.54) is 0 Å². The molecule has 0 saturated carbocycles. The topological polar surface area (TPSA) is 84.1 Å². The number of rotatable bonds is 5. The summed E-state index contributed by atoms with van der Waals surface area (Å²) in [5.74, 6) is 0.582. The van der Waals surface area contributed by atoms with E-state index >= 15 is 0 Å². The number of nitrogens with two attached hydrogens (primary N) is 1. The van der Waals surface area contributed by atoms with E-state index in [1.54, 1.807) is 12.3 Å². The van der Waals surface area contributed by atoms with Crippen LogP contribution in [0.5, 0.6) is 0 Å². The molecule has 134 valence electrons. The maximum absolute atomic E-state index is 12.2. The lowest BCUT2D eigenvalue weighted by atomic mass is 9.91. The molecule has 0 unspecified atom stereocenters. The second kappa shape index (κ2) is 7.23. The average molecular weight is 345 g/mol. The van der Waals surface area contributed by atoms with Gasteiger partial charge in [0.05, 0.1) is 12.5 Å². The van der Waals surface area contributed by atoms with Crippen LogP contribution in [0.1, 0.15) is 26.7 Å². The van der Waals surface area contributed by atoms with E-state index in [2.05, 4.69) is 15.3 Å². The summed E-state index contributed by atoms with van der Waals surface area (Å²) in [5.41, 5.74) is 5.66. The molecule has 1 fully saturated rings. The van der Waals surface area contributed by atoms with Crippen molar-refractivity contribution in [1.29, 1.82) is 0 Å². The van der Waals surface area contributed by atoms with Crippen molar-refractivity contribution in [3.8, 4) is 0 Å². The van der Waals surface area contributed by atoms with E-state index in [9.17, 15) is 18.0 Å². The summed E-state index contributed by atoms with van der Waals surface area (Å²) in [7, 11) is 0. The van der Waals surface area contributed by atoms with Crippen LogP contribution in [0.4, 0.5) is 24.9 Å². The fourth-order valence-electron chi connectivity index (χ4n) is 2.87. The third-order valence-corrected chi connectivity index (χ3v) is 4.15. The number of nitrogens with one attached hydrogen (secondary N) is 1. The highest BCUT2D eigenvalue weighted by molar-refractivity contribution is 5.76. The van der Waals surface area contributed by atoms with Crippen LogP contribution >= 0.6 is 0 Å². The number of hydrogen-bond acceptors (Lipinski definition) is 5. The molecule has 0 bridgehead atoms. The Labute approximate surface area is 138 Å². The van der Waals surface area contributed by atoms with Gasteiger partial charge in [0, 0.05) is 31.6 Å². The smallest absolute Gasteiger partial charge is 0.384 e. The molecule has 1 amide bonds. The number of carbonyl (C=O) groups excluding carboxylic acids is 1. The van der Waals surface area contributed by atoms with Crippen LogP contribution in [0.15, 0.2) is 12.3 Å². The average Bonchev–Trinajstić information content (AvgIpc) is 2.88. The minimum absolute atomic E-state index is 0.102. The summed E-state index contributed by atoms with van der Waals surface area (Å²) < 4.78 is 36.7. The Morgan fingerprint density at radius 1 is 1.46 bits per heavy atom. The van der Waals surface area contributed by atoms with Gasteiger partial charge in [-0.2, -0.15) is 18.2 Å². The number of alkyl halides is 3. The van der Waals surface area contributed by atoms with Crippen molar-refractivity contribution < 1.29 is 18.0 Å². The number of nitrogens with zero attached hydrogens (tertiary/aromatic N) is 3. The van der Waals surface area contributed by atoms with Crippen LogP contribution in [-0.4, -0.2) is 41.2 Å². The molecule has 1 aromatic heterocycles. The van der Waals surface area contributed by atoms with Gasteiger partial charge in [0.25, 0.3) is 0 Å². The van der Waals surface area contributed by atoms with Crippen LogP contribution in [0.25, 0.3) is 0 Å². The lowest BCUT2D eigenvalue weighted by Crippen LogP contribution is -2.42. The van der Waals surface area contributed by atoms with Gasteiger partial charge in [0.15, 0.2) is 0 Å². The third-order valence-electron chi connectivity index (χ3n) is 4.15. The van der Waals surface area contributed by atoms with Crippen LogP contribution in [0.3, 0.4) is 0 Å². The molecule has 1 aliphatic heterocycles. The van der Waals surface area contributed by atoms with Gasteiger partial charge in [0.2, 0.25) is 11.9 Å². The van der Waals surface area contributed by atoms with Crippen molar-refractivity contribution >= 4 is 17.7 Å². The van der Waals surface area contributed by atoms with Gasteiger partial charge in [-0.1, -0.05) is 13.8 Å². The van der Waals surface area contributed by atoms with Crippen LogP contribution in [0.2, 0.25) is 0 Å². The molecule has 24 heavy (non-hydrogen) atoms. The molecular formula is C15H22F3N5O. The van der Waals surface area contributed by atoms with Gasteiger partial charge in [0.1, 0.15) is 5.82 Å². The fourth-order valence-corrected chi connectivity index (χ4v) is 2.87. The largest absolute Gasteiger partial charge is 0.389 e. The number of amides is 1. The number of aromatic nitrogens is 2. The SMILES string of the molecule is CC(C)[C@@H]1CN(c2nccc(N)n2)C[C@H]1NC(=O)CCC(F)(F)F. The molecule has 0 radical (unpaired) electrons. The first-order valence-electron chi connectivity index (χ1n) is 7.85. The Bertz CT molecular complexity index is 578. The Balaban J connectivity index is 2.01. The van der Waals surface area contributed by atoms with Crippen molar-refractivity contribution in [2.24, 2.45) is 11.8 Å². The highest BCUT2D eigenvalue weighted by Gasteiger charge is 2.37. The molecule has 6 nitrogen and oxygen atoms in total. The first-order valence-corrected chi connectivity index (χ1v) is 7.85. The summed E-state index contributed by atoms with van der Waals surface area (Å²) >= 11 is 0. The van der Waals surface area contributed by atoms with Gasteiger partial charge in [-0.15, -0.1) is 0 Å². The van der Waals surface area contributed by atoms with Crippen molar-refractivity contribution in [1.82, 2.24) is 15.3 Å². The number of hydrogen-bond donors (Lipinski definition) is 2. The molecule has 2 atom stereocenters. The van der Waals surface area contributed by atoms with E-state index in [-0.39, 0.29) is 17.9 Å². The standard InChI is InChI=1S/C15H22F3N5O/c1-9(2)10-7-23(14-20-6-4-12(19)22-14)8-11(10)21-13(24)3-5-15(16,17)18/h4,6,9-11H,3,5,7-8H2,1-2H3,(H,21,24)(H2,19,20,22)/t10-,11+/m0/s1. The molecular weight excluding hydrogens is 323 g/mol. The molecule has 0 aliphatic carbocycles. The predicted octanol–water partition coefficient (Wildman–Crippen LogP) is 1.98. The summed E-state index contributed by atoms with van der Waals surface area (Å²) in [6, 6.07) is 1.34. The summed E-state index contributed by atoms with van der Waals surface area (Å²) in [4.78, 5) is 22.1. The summed E-state index contributed by atoms with van der Waals surface area (Å²) in [6.07, 6.45) is -4.44. The fraction of sp³-hybridized carbons (Fsp3) is 0.667. The van der Waals surface area contributed by atoms with Crippen molar-refractivity contribution in [2.45, 2.75) is 38.9 Å². The summed E-state index contributed by atoms with van der Waals surface area (Å²) in [6.45, 7) is 5.10. The van der Waals surface area contributed by atoms with E-state index in [0.717, 1.165) is 0 Å². The number of halogens is 3. The molecule has 3 N–H and O–H groups in total. The van der Waals surface area contributed by atoms with Crippen LogP contribution < -0.4 is 16.0 Å².